The van der Waals surface area contributed by atoms with Crippen LogP contribution in [-0.4, -0.2) is 45.0 Å². The van der Waals surface area contributed by atoms with Crippen LogP contribution in [-0.2, 0) is 52.3 Å². The second-order valence-corrected chi connectivity index (χ2v) is 17.9. The molecule has 0 fully saturated rings. The number of aryl methyl sites for hydroxylation is 2. The van der Waals surface area contributed by atoms with E-state index in [4.69, 9.17) is 14.2 Å². The lowest BCUT2D eigenvalue weighted by atomic mass is 10.1. The summed E-state index contributed by atoms with van der Waals surface area (Å²) in [4.78, 5) is 7.89. The van der Waals surface area contributed by atoms with E-state index in [2.05, 4.69) is 19.4 Å². The highest BCUT2D eigenvalue weighted by Crippen LogP contribution is 2.36. The van der Waals surface area contributed by atoms with Crippen molar-refractivity contribution in [1.82, 2.24) is 19.4 Å². The third-order valence-corrected chi connectivity index (χ3v) is 12.7. The molecule has 0 amide bonds. The summed E-state index contributed by atoms with van der Waals surface area (Å²) >= 11 is 0. The number of aromatic nitrogens is 2. The fraction of sp³-hybridized carbons (Fsp3) is 0.184. The normalized spacial score (nSPS) is 11.3. The number of rotatable bonds is 19. The number of nitrogens with zero attached hydrogens (tertiary/aromatic N) is 2. The second-order valence-electron chi connectivity index (χ2n) is 14.4. The summed E-state index contributed by atoms with van der Waals surface area (Å²) in [5.41, 5.74) is 4.45. The Kier molecular flexibility index (Phi) is 16.7. The van der Waals surface area contributed by atoms with Crippen LogP contribution in [0.1, 0.15) is 41.9 Å². The van der Waals surface area contributed by atoms with Gasteiger partial charge in [0, 0.05) is 49.7 Å². The molecule has 65 heavy (non-hydrogen) atoms. The van der Waals surface area contributed by atoms with Crippen LogP contribution < -0.4 is 23.7 Å². The van der Waals surface area contributed by atoms with E-state index < -0.39 is 31.7 Å². The summed E-state index contributed by atoms with van der Waals surface area (Å²) < 4.78 is 101. The molecule has 2 heterocycles. The molecule has 12 nitrogen and oxygen atoms in total. The monoisotopic (exact) mass is 922 g/mol. The van der Waals surface area contributed by atoms with Crippen LogP contribution in [0.4, 0.5) is 8.78 Å². The lowest BCUT2D eigenvalue weighted by molar-refractivity contribution is 0.289. The number of sulfonamides is 2. The molecule has 0 saturated carbocycles. The SMILES string of the molecule is CCc1ccc(Oc2ccc(S(=O)(=O)NCCc3ccccn3)cc2F)c(O)c1.CCc1ccc(Oc2ccc(S(=O)(=O)NCCc3ccccn3)cc2F)c(OCc2ccccc2)c1. The molecule has 0 radical (unpaired) electrons. The molecule has 7 aromatic rings. The molecule has 338 valence electrons. The van der Waals surface area contributed by atoms with E-state index in [0.717, 1.165) is 53.1 Å². The van der Waals surface area contributed by atoms with E-state index in [1.165, 1.54) is 36.4 Å². The zero-order chi connectivity index (χ0) is 46.2. The van der Waals surface area contributed by atoms with Crippen molar-refractivity contribution in [3.05, 3.63) is 192 Å². The van der Waals surface area contributed by atoms with Gasteiger partial charge < -0.3 is 19.3 Å². The van der Waals surface area contributed by atoms with Gasteiger partial charge in [0.1, 0.15) is 6.61 Å². The minimum absolute atomic E-state index is 0.0881. The van der Waals surface area contributed by atoms with Crippen LogP contribution in [0.15, 0.2) is 162 Å². The van der Waals surface area contributed by atoms with Crippen molar-refractivity contribution in [2.24, 2.45) is 0 Å². The van der Waals surface area contributed by atoms with Gasteiger partial charge in [0.2, 0.25) is 20.0 Å². The number of phenols is 1. The number of nitrogens with one attached hydrogen (secondary N) is 2. The van der Waals surface area contributed by atoms with Gasteiger partial charge in [0.05, 0.1) is 9.79 Å². The van der Waals surface area contributed by atoms with E-state index in [-0.39, 0.29) is 45.9 Å². The maximum atomic E-state index is 14.9. The Morgan fingerprint density at radius 1 is 0.523 bits per heavy atom. The lowest BCUT2D eigenvalue weighted by Gasteiger charge is -2.15. The highest BCUT2D eigenvalue weighted by atomic mass is 32.2. The zero-order valence-electron chi connectivity index (χ0n) is 35.7. The smallest absolute Gasteiger partial charge is 0.240 e. The van der Waals surface area contributed by atoms with Gasteiger partial charge in [-0.2, -0.15) is 0 Å². The number of hydrogen-bond donors (Lipinski definition) is 3. The largest absolute Gasteiger partial charge is 0.504 e. The average Bonchev–Trinajstić information content (AvgIpc) is 3.31. The van der Waals surface area contributed by atoms with Crippen molar-refractivity contribution in [2.45, 2.75) is 55.9 Å². The molecule has 0 aliphatic rings. The molecule has 0 bridgehead atoms. The molecule has 0 aliphatic heterocycles. The van der Waals surface area contributed by atoms with Crippen molar-refractivity contribution in [3.8, 4) is 34.5 Å². The Hall–Kier alpha value is -6.72. The van der Waals surface area contributed by atoms with Gasteiger partial charge in [-0.15, -0.1) is 0 Å². The van der Waals surface area contributed by atoms with E-state index in [1.807, 2.05) is 74.5 Å². The lowest BCUT2D eigenvalue weighted by Crippen LogP contribution is -2.26. The van der Waals surface area contributed by atoms with E-state index >= 15 is 0 Å². The molecule has 0 unspecified atom stereocenters. The molecule has 0 spiro atoms. The van der Waals surface area contributed by atoms with Crippen LogP contribution in [0.3, 0.4) is 0 Å². The summed E-state index contributed by atoms with van der Waals surface area (Å²) in [7, 11) is -7.78. The molecule has 7 rings (SSSR count). The first kappa shape index (κ1) is 47.8. The van der Waals surface area contributed by atoms with Gasteiger partial charge in [-0.1, -0.05) is 68.4 Å². The molecule has 3 N–H and O–H groups in total. The number of pyridine rings is 2. The van der Waals surface area contributed by atoms with Gasteiger partial charge in [-0.25, -0.2) is 35.1 Å². The number of benzene rings is 5. The van der Waals surface area contributed by atoms with Crippen molar-refractivity contribution in [1.29, 1.82) is 0 Å². The first-order chi connectivity index (χ1) is 31.3. The van der Waals surface area contributed by atoms with Gasteiger partial charge in [-0.05, 0) is 114 Å². The number of ether oxygens (including phenoxy) is 3. The minimum Gasteiger partial charge on any atom is -0.504 e. The molecule has 0 atom stereocenters. The van der Waals surface area contributed by atoms with Crippen LogP contribution in [0, 0.1) is 11.6 Å². The van der Waals surface area contributed by atoms with Crippen molar-refractivity contribution < 1.29 is 44.9 Å². The average molecular weight is 923 g/mol. The predicted molar refractivity (Wildman–Crippen MR) is 243 cm³/mol. The van der Waals surface area contributed by atoms with Crippen LogP contribution in [0.2, 0.25) is 0 Å². The maximum Gasteiger partial charge on any atom is 0.240 e. The summed E-state index contributed by atoms with van der Waals surface area (Å²) in [5, 5.41) is 9.99. The minimum atomic E-state index is -3.90. The summed E-state index contributed by atoms with van der Waals surface area (Å²) in [6.07, 6.45) is 5.65. The van der Waals surface area contributed by atoms with E-state index in [9.17, 15) is 30.7 Å². The van der Waals surface area contributed by atoms with Crippen LogP contribution in [0.25, 0.3) is 0 Å². The first-order valence-corrected chi connectivity index (χ1v) is 23.7. The quantitative estimate of drug-likeness (QED) is 0.0711. The first-order valence-electron chi connectivity index (χ1n) is 20.7. The van der Waals surface area contributed by atoms with Crippen LogP contribution in [0.5, 0.6) is 34.5 Å². The van der Waals surface area contributed by atoms with Gasteiger partial charge >= 0.3 is 0 Å². The summed E-state index contributed by atoms with van der Waals surface area (Å²) in [6, 6.07) is 37.7. The van der Waals surface area contributed by atoms with Gasteiger partial charge in [0.25, 0.3) is 0 Å². The molecule has 2 aromatic heterocycles. The summed E-state index contributed by atoms with van der Waals surface area (Å²) in [5.74, 6) is -1.14. The molecule has 0 saturated heterocycles. The predicted octanol–water partition coefficient (Wildman–Crippen LogP) is 9.48. The second kappa shape index (κ2) is 22.8. The molecule has 5 aromatic carbocycles. The van der Waals surface area contributed by atoms with Crippen molar-refractivity contribution in [3.63, 3.8) is 0 Å². The molecular weight excluding hydrogens is 875 g/mol. The van der Waals surface area contributed by atoms with Crippen molar-refractivity contribution >= 4 is 20.0 Å². The topological polar surface area (TPSA) is 166 Å². The Morgan fingerprint density at radius 3 is 1.48 bits per heavy atom. The fourth-order valence-electron chi connectivity index (χ4n) is 6.16. The number of phenolic OH excluding ortho intramolecular Hbond substituents is 1. The molecular formula is C49H48F2N4O8S2. The fourth-order valence-corrected chi connectivity index (χ4v) is 8.25. The number of hydrogen-bond acceptors (Lipinski definition) is 10. The Labute approximate surface area is 378 Å². The van der Waals surface area contributed by atoms with E-state index in [1.54, 1.807) is 42.7 Å². The maximum absolute atomic E-state index is 14.9. The Balaban J connectivity index is 0.000000221. The zero-order valence-corrected chi connectivity index (χ0v) is 37.3. The summed E-state index contributed by atoms with van der Waals surface area (Å²) in [6.45, 7) is 4.58. The Morgan fingerprint density at radius 2 is 1.00 bits per heavy atom. The van der Waals surface area contributed by atoms with Gasteiger partial charge in [-0.3, -0.25) is 9.97 Å². The third kappa shape index (κ3) is 13.9. The number of halogens is 2. The van der Waals surface area contributed by atoms with Gasteiger partial charge in [0.15, 0.2) is 46.1 Å². The molecule has 0 aliphatic carbocycles. The van der Waals surface area contributed by atoms with Crippen molar-refractivity contribution in [2.75, 3.05) is 13.1 Å². The third-order valence-electron chi connectivity index (χ3n) is 9.75. The van der Waals surface area contributed by atoms with Crippen LogP contribution >= 0.6 is 0 Å². The highest BCUT2D eigenvalue weighted by Gasteiger charge is 2.20. The standard InChI is InChI=1S/C28H27FN2O4S.C21H21FN2O4S/c1-2-21-11-13-27(28(18-21)34-20-22-8-4-3-5-9-22)35-26-14-12-24(19-25(26)29)36(32,33)31-17-15-23-10-6-7-16-30-23;1-2-15-6-8-21(19(25)13-15)28-20-9-7-17(14-18(20)22)29(26,27)24-12-10-16-5-3-4-11-23-16/h3-14,16,18-19,31H,2,15,17,20H2,1H3;3-9,11,13-14,24-25H,2,10,12H2,1H3. The number of aromatic hydroxyl groups is 1. The highest BCUT2D eigenvalue weighted by molar-refractivity contribution is 7.89. The Bertz CT molecular complexity index is 2880. The molecule has 16 heteroatoms. The van der Waals surface area contributed by atoms with E-state index in [0.29, 0.717) is 30.9 Å².